The molecule has 0 radical (unpaired) electrons. The van der Waals surface area contributed by atoms with Gasteiger partial charge in [-0.2, -0.15) is 4.37 Å². The van der Waals surface area contributed by atoms with Crippen LogP contribution in [0.1, 0.15) is 42.2 Å². The van der Waals surface area contributed by atoms with Gasteiger partial charge in [-0.05, 0) is 13.8 Å². The zero-order chi connectivity index (χ0) is 13.3. The lowest BCUT2D eigenvalue weighted by Crippen LogP contribution is -2.13. The molecule has 0 fully saturated rings. The van der Waals surface area contributed by atoms with E-state index in [4.69, 9.17) is 0 Å². The van der Waals surface area contributed by atoms with Gasteiger partial charge in [-0.3, -0.25) is 0 Å². The molecule has 4 nitrogen and oxygen atoms in total. The van der Waals surface area contributed by atoms with Crippen LogP contribution in [0.3, 0.4) is 0 Å². The first kappa shape index (κ1) is 13.4. The maximum absolute atomic E-state index is 4.50. The van der Waals surface area contributed by atoms with E-state index in [1.165, 1.54) is 16.4 Å². The van der Waals surface area contributed by atoms with Gasteiger partial charge < -0.3 is 5.32 Å². The Morgan fingerprint density at radius 2 is 1.89 bits per heavy atom. The fourth-order valence-corrected chi connectivity index (χ4v) is 2.99. The molecule has 1 N–H and O–H groups in total. The largest absolute Gasteiger partial charge is 0.354 e. The van der Waals surface area contributed by atoms with E-state index in [9.17, 15) is 0 Å². The highest BCUT2D eigenvalue weighted by Gasteiger charge is 2.19. The molecule has 0 aliphatic carbocycles. The minimum atomic E-state index is 0.00475. The molecular weight excluding hydrogens is 264 g/mol. The van der Waals surface area contributed by atoms with Gasteiger partial charge in [-0.1, -0.05) is 20.8 Å². The molecular formula is C12H18N4S2. The number of aryl methyl sites for hydroxylation is 2. The average molecular weight is 282 g/mol. The molecule has 2 rings (SSSR count). The molecule has 0 amide bonds. The lowest BCUT2D eigenvalue weighted by Gasteiger charge is -2.12. The van der Waals surface area contributed by atoms with Crippen molar-refractivity contribution in [1.29, 1.82) is 0 Å². The second kappa shape index (κ2) is 4.93. The van der Waals surface area contributed by atoms with Crippen molar-refractivity contribution in [3.8, 4) is 0 Å². The van der Waals surface area contributed by atoms with Crippen LogP contribution in [0.4, 0.5) is 5.13 Å². The van der Waals surface area contributed by atoms with E-state index in [1.807, 2.05) is 6.92 Å². The zero-order valence-electron chi connectivity index (χ0n) is 11.4. The van der Waals surface area contributed by atoms with Crippen LogP contribution in [0.5, 0.6) is 0 Å². The fraction of sp³-hybridized carbons (Fsp3) is 0.583. The van der Waals surface area contributed by atoms with Crippen molar-refractivity contribution in [2.45, 2.75) is 46.6 Å². The molecule has 0 atom stereocenters. The van der Waals surface area contributed by atoms with Crippen molar-refractivity contribution in [1.82, 2.24) is 14.3 Å². The van der Waals surface area contributed by atoms with Crippen molar-refractivity contribution in [2.24, 2.45) is 0 Å². The molecule has 0 aliphatic rings. The van der Waals surface area contributed by atoms with Crippen LogP contribution in [-0.2, 0) is 12.0 Å². The third-order valence-electron chi connectivity index (χ3n) is 2.56. The first-order valence-corrected chi connectivity index (χ1v) is 7.46. The Labute approximate surface area is 116 Å². The number of hydrogen-bond donors (Lipinski definition) is 1. The predicted octanol–water partition coefficient (Wildman–Crippen LogP) is 3.52. The summed E-state index contributed by atoms with van der Waals surface area (Å²) in [5.74, 6) is 0.890. The first-order chi connectivity index (χ1) is 8.36. The van der Waals surface area contributed by atoms with Crippen LogP contribution in [0.25, 0.3) is 0 Å². The number of aromatic nitrogens is 3. The van der Waals surface area contributed by atoms with Crippen LogP contribution >= 0.6 is 22.9 Å². The summed E-state index contributed by atoms with van der Waals surface area (Å²) >= 11 is 3.14. The fourth-order valence-electron chi connectivity index (χ4n) is 1.37. The lowest BCUT2D eigenvalue weighted by atomic mass is 9.96. The second-order valence-corrected chi connectivity index (χ2v) is 7.32. The second-order valence-electron chi connectivity index (χ2n) is 5.28. The van der Waals surface area contributed by atoms with E-state index in [0.29, 0.717) is 0 Å². The van der Waals surface area contributed by atoms with Gasteiger partial charge in [0.1, 0.15) is 10.8 Å². The summed E-state index contributed by atoms with van der Waals surface area (Å²) in [4.78, 5) is 10.3. The molecule has 0 spiro atoms. The molecule has 2 heterocycles. The quantitative estimate of drug-likeness (QED) is 0.935. The highest BCUT2D eigenvalue weighted by molar-refractivity contribution is 7.11. The molecule has 18 heavy (non-hydrogen) atoms. The molecule has 2 aromatic heterocycles. The Morgan fingerprint density at radius 1 is 1.17 bits per heavy atom. The Hall–Kier alpha value is -1.01. The predicted molar refractivity (Wildman–Crippen MR) is 77.5 cm³/mol. The minimum absolute atomic E-state index is 0.00475. The van der Waals surface area contributed by atoms with Crippen LogP contribution in [0, 0.1) is 13.8 Å². The number of hydrogen-bond acceptors (Lipinski definition) is 6. The zero-order valence-corrected chi connectivity index (χ0v) is 13.0. The molecule has 0 unspecified atom stereocenters. The molecule has 2 aromatic rings. The Kier molecular flexibility index (Phi) is 3.68. The standard InChI is InChI=1S/C12H18N4S2/c1-7-8(2)17-9(14-7)6-13-11-15-10(16-18-11)12(3,4)5/h6H2,1-5H3,(H,13,15,16). The molecule has 0 aromatic carbocycles. The normalized spacial score (nSPS) is 11.8. The summed E-state index contributed by atoms with van der Waals surface area (Å²) in [7, 11) is 0. The van der Waals surface area contributed by atoms with E-state index in [1.54, 1.807) is 11.3 Å². The molecule has 0 saturated heterocycles. The first-order valence-electron chi connectivity index (χ1n) is 5.87. The van der Waals surface area contributed by atoms with Gasteiger partial charge in [-0.15, -0.1) is 11.3 Å². The number of thiazole rings is 1. The van der Waals surface area contributed by atoms with Gasteiger partial charge in [0.2, 0.25) is 5.13 Å². The van der Waals surface area contributed by atoms with Crippen LogP contribution in [-0.4, -0.2) is 14.3 Å². The third kappa shape index (κ3) is 3.05. The van der Waals surface area contributed by atoms with Crippen LogP contribution in [0.2, 0.25) is 0 Å². The number of nitrogens with one attached hydrogen (secondary N) is 1. The molecule has 6 heteroatoms. The van der Waals surface area contributed by atoms with Crippen molar-refractivity contribution in [3.05, 3.63) is 21.4 Å². The maximum Gasteiger partial charge on any atom is 0.202 e. The van der Waals surface area contributed by atoms with Crippen LogP contribution in [0.15, 0.2) is 0 Å². The lowest BCUT2D eigenvalue weighted by molar-refractivity contribution is 0.555. The van der Waals surface area contributed by atoms with Gasteiger partial charge in [0.15, 0.2) is 0 Å². The highest BCUT2D eigenvalue weighted by atomic mass is 32.1. The van der Waals surface area contributed by atoms with Crippen molar-refractivity contribution in [2.75, 3.05) is 5.32 Å². The third-order valence-corrected chi connectivity index (χ3v) is 4.31. The van der Waals surface area contributed by atoms with E-state index >= 15 is 0 Å². The smallest absolute Gasteiger partial charge is 0.202 e. The van der Waals surface area contributed by atoms with Crippen LogP contribution < -0.4 is 5.32 Å². The number of rotatable bonds is 3. The average Bonchev–Trinajstić information content (AvgIpc) is 2.83. The van der Waals surface area contributed by atoms with Crippen molar-refractivity contribution < 1.29 is 0 Å². The summed E-state index contributed by atoms with van der Waals surface area (Å²) < 4.78 is 4.37. The minimum Gasteiger partial charge on any atom is -0.354 e. The summed E-state index contributed by atoms with van der Waals surface area (Å²) in [5.41, 5.74) is 1.12. The van der Waals surface area contributed by atoms with Gasteiger partial charge in [0.25, 0.3) is 0 Å². The van der Waals surface area contributed by atoms with E-state index in [-0.39, 0.29) is 5.41 Å². The highest BCUT2D eigenvalue weighted by Crippen LogP contribution is 2.24. The molecule has 0 aliphatic heterocycles. The van der Waals surface area contributed by atoms with E-state index < -0.39 is 0 Å². The summed E-state index contributed by atoms with van der Waals surface area (Å²) in [6, 6.07) is 0. The van der Waals surface area contributed by atoms with Gasteiger partial charge in [0, 0.05) is 21.8 Å². The van der Waals surface area contributed by atoms with E-state index in [2.05, 4.69) is 47.4 Å². The van der Waals surface area contributed by atoms with Gasteiger partial charge in [0.05, 0.1) is 12.2 Å². The Morgan fingerprint density at radius 3 is 2.39 bits per heavy atom. The van der Waals surface area contributed by atoms with E-state index in [0.717, 1.165) is 28.2 Å². The van der Waals surface area contributed by atoms with Crippen molar-refractivity contribution >= 4 is 28.0 Å². The Balaban J connectivity index is 2.00. The Bertz CT molecular complexity index is 517. The number of anilines is 1. The SMILES string of the molecule is Cc1nc(CNc2nc(C(C)(C)C)ns2)sc1C. The monoisotopic (exact) mass is 282 g/mol. The summed E-state index contributed by atoms with van der Waals surface area (Å²) in [6.07, 6.45) is 0. The van der Waals surface area contributed by atoms with Crippen molar-refractivity contribution in [3.63, 3.8) is 0 Å². The molecule has 98 valence electrons. The maximum atomic E-state index is 4.50. The topological polar surface area (TPSA) is 50.7 Å². The van der Waals surface area contributed by atoms with Gasteiger partial charge >= 0.3 is 0 Å². The molecule has 0 bridgehead atoms. The van der Waals surface area contributed by atoms with Gasteiger partial charge in [-0.25, -0.2) is 9.97 Å². The molecule has 0 saturated carbocycles. The summed E-state index contributed by atoms with van der Waals surface area (Å²) in [6.45, 7) is 11.2. The summed E-state index contributed by atoms with van der Waals surface area (Å²) in [5, 5.41) is 5.25. The number of nitrogens with zero attached hydrogens (tertiary/aromatic N) is 3.